The van der Waals surface area contributed by atoms with Crippen molar-refractivity contribution in [2.24, 2.45) is 5.92 Å². The van der Waals surface area contributed by atoms with Gasteiger partial charge in [-0.3, -0.25) is 9.59 Å². The summed E-state index contributed by atoms with van der Waals surface area (Å²) in [4.78, 5) is 26.1. The van der Waals surface area contributed by atoms with Gasteiger partial charge in [-0.1, -0.05) is 11.2 Å². The number of piperidine rings is 1. The van der Waals surface area contributed by atoms with Gasteiger partial charge in [0.2, 0.25) is 15.9 Å². The minimum atomic E-state index is -4.12. The minimum absolute atomic E-state index is 0.0568. The monoisotopic (exact) mass is 450 g/mol. The van der Waals surface area contributed by atoms with E-state index in [1.165, 1.54) is 17.0 Å². The van der Waals surface area contributed by atoms with Crippen LogP contribution in [0, 0.1) is 18.7 Å². The van der Waals surface area contributed by atoms with Gasteiger partial charge in [0.1, 0.15) is 16.5 Å². The highest BCUT2D eigenvalue weighted by atomic mass is 32.2. The molecule has 2 aromatic rings. The van der Waals surface area contributed by atoms with E-state index in [1.807, 2.05) is 0 Å². The summed E-state index contributed by atoms with van der Waals surface area (Å²) >= 11 is 0. The zero-order valence-corrected chi connectivity index (χ0v) is 17.7. The van der Waals surface area contributed by atoms with Gasteiger partial charge >= 0.3 is 0 Å². The molecular formula is C20H23FN4O5S. The predicted octanol–water partition coefficient (Wildman–Crippen LogP) is 2.08. The summed E-state index contributed by atoms with van der Waals surface area (Å²) in [6.07, 6.45) is 2.19. The van der Waals surface area contributed by atoms with E-state index < -0.39 is 26.6 Å². The Labute approximate surface area is 179 Å². The van der Waals surface area contributed by atoms with Crippen LogP contribution in [0.3, 0.4) is 0 Å². The average Bonchev–Trinajstić information content (AvgIpc) is 3.16. The maximum atomic E-state index is 14.1. The van der Waals surface area contributed by atoms with Crippen LogP contribution in [0.25, 0.3) is 0 Å². The first-order valence-electron chi connectivity index (χ1n) is 9.65. The first-order valence-corrected chi connectivity index (χ1v) is 11.1. The molecule has 2 amide bonds. The molecule has 0 aliphatic carbocycles. The molecule has 1 aromatic carbocycles. The van der Waals surface area contributed by atoms with Crippen molar-refractivity contribution < 1.29 is 26.9 Å². The van der Waals surface area contributed by atoms with Crippen LogP contribution in [0.4, 0.5) is 10.2 Å². The maximum Gasteiger partial charge on any atom is 0.253 e. The van der Waals surface area contributed by atoms with Gasteiger partial charge in [-0.05, 0) is 38.0 Å². The van der Waals surface area contributed by atoms with Gasteiger partial charge in [0.05, 0.1) is 0 Å². The number of aryl methyl sites for hydroxylation is 1. The van der Waals surface area contributed by atoms with Gasteiger partial charge in [-0.15, -0.1) is 6.58 Å². The fourth-order valence-electron chi connectivity index (χ4n) is 3.27. The van der Waals surface area contributed by atoms with E-state index >= 15 is 0 Å². The van der Waals surface area contributed by atoms with Crippen molar-refractivity contribution in [3.05, 3.63) is 54.1 Å². The Balaban J connectivity index is 1.64. The molecule has 0 radical (unpaired) electrons. The number of carbonyl (C=O) groups excluding carboxylic acids is 2. The number of likely N-dealkylation sites (tertiary alicyclic amines) is 1. The lowest BCUT2D eigenvalue weighted by molar-refractivity contribution is -0.121. The van der Waals surface area contributed by atoms with Gasteiger partial charge < -0.3 is 14.7 Å². The van der Waals surface area contributed by atoms with Crippen molar-refractivity contribution in [3.8, 4) is 0 Å². The van der Waals surface area contributed by atoms with Crippen molar-refractivity contribution in [3.63, 3.8) is 0 Å². The Bertz CT molecular complexity index is 1090. The fraction of sp³-hybridized carbons (Fsp3) is 0.350. The molecule has 0 bridgehead atoms. The molecular weight excluding hydrogens is 427 g/mol. The van der Waals surface area contributed by atoms with Crippen LogP contribution in [0.2, 0.25) is 0 Å². The van der Waals surface area contributed by atoms with Crippen molar-refractivity contribution in [2.75, 3.05) is 25.0 Å². The van der Waals surface area contributed by atoms with Gasteiger partial charge in [0.15, 0.2) is 5.82 Å². The lowest BCUT2D eigenvalue weighted by Gasteiger charge is -2.31. The SMILES string of the molecule is C=CCNS(=O)(=O)c1cc(C(=O)N2CCC(C(=O)Nc3cc(C)on3)CC2)ccc1F. The largest absolute Gasteiger partial charge is 0.360 e. The van der Waals surface area contributed by atoms with Crippen LogP contribution in [-0.2, 0) is 14.8 Å². The number of nitrogens with zero attached hydrogens (tertiary/aromatic N) is 2. The molecule has 1 aliphatic rings. The molecule has 0 saturated carbocycles. The van der Waals surface area contributed by atoms with Gasteiger partial charge in [-0.25, -0.2) is 17.5 Å². The molecule has 1 aliphatic heterocycles. The second-order valence-electron chi connectivity index (χ2n) is 7.16. The number of nitrogens with one attached hydrogen (secondary N) is 2. The third-order valence-corrected chi connectivity index (χ3v) is 6.36. The van der Waals surface area contributed by atoms with Crippen molar-refractivity contribution >= 4 is 27.7 Å². The molecule has 1 saturated heterocycles. The quantitative estimate of drug-likeness (QED) is 0.623. The van der Waals surface area contributed by atoms with E-state index in [9.17, 15) is 22.4 Å². The summed E-state index contributed by atoms with van der Waals surface area (Å²) in [5.41, 5.74) is 0.0568. The van der Waals surface area contributed by atoms with Gasteiger partial charge in [0, 0.05) is 37.2 Å². The Morgan fingerprint density at radius 1 is 1.32 bits per heavy atom. The highest BCUT2D eigenvalue weighted by Gasteiger charge is 2.29. The van der Waals surface area contributed by atoms with Gasteiger partial charge in [-0.2, -0.15) is 0 Å². The number of rotatable bonds is 7. The summed E-state index contributed by atoms with van der Waals surface area (Å²) in [7, 11) is -4.12. The van der Waals surface area contributed by atoms with E-state index in [0.717, 1.165) is 12.1 Å². The molecule has 1 aromatic heterocycles. The Morgan fingerprint density at radius 3 is 2.65 bits per heavy atom. The first kappa shape index (κ1) is 22.6. The molecule has 0 unspecified atom stereocenters. The number of aromatic nitrogens is 1. The molecule has 166 valence electrons. The number of benzene rings is 1. The summed E-state index contributed by atoms with van der Waals surface area (Å²) in [5, 5.41) is 6.41. The molecule has 9 nitrogen and oxygen atoms in total. The average molecular weight is 450 g/mol. The van der Waals surface area contributed by atoms with Crippen LogP contribution in [-0.4, -0.2) is 49.9 Å². The summed E-state index contributed by atoms with van der Waals surface area (Å²) < 4.78 is 45.7. The normalized spacial score (nSPS) is 15.0. The van der Waals surface area contributed by atoms with Crippen molar-refractivity contribution in [2.45, 2.75) is 24.7 Å². The number of hydrogen-bond donors (Lipinski definition) is 2. The standard InChI is InChI=1S/C20H23FN4O5S/c1-3-8-22-31(28,29)17-12-15(4-5-16(17)21)20(27)25-9-6-14(7-10-25)19(26)23-18-11-13(2)30-24-18/h3-5,11-12,14,22H,1,6-10H2,2H3,(H,23,24,26). The zero-order chi connectivity index (χ0) is 22.6. The lowest BCUT2D eigenvalue weighted by atomic mass is 9.95. The third-order valence-electron chi connectivity index (χ3n) is 4.92. The van der Waals surface area contributed by atoms with Crippen LogP contribution in [0.1, 0.15) is 29.0 Å². The molecule has 0 atom stereocenters. The third kappa shape index (κ3) is 5.36. The topological polar surface area (TPSA) is 122 Å². The van der Waals surface area contributed by atoms with Crippen LogP contribution in [0.5, 0.6) is 0 Å². The second kappa shape index (κ2) is 9.40. The molecule has 2 N–H and O–H groups in total. The Hall–Kier alpha value is -3.05. The van der Waals surface area contributed by atoms with Crippen LogP contribution >= 0.6 is 0 Å². The second-order valence-corrected chi connectivity index (χ2v) is 8.90. The van der Waals surface area contributed by atoms with Gasteiger partial charge in [0.25, 0.3) is 5.91 Å². The molecule has 1 fully saturated rings. The molecule has 3 rings (SSSR count). The number of carbonyl (C=O) groups is 2. The molecule has 11 heteroatoms. The van der Waals surface area contributed by atoms with E-state index in [2.05, 4.69) is 21.8 Å². The zero-order valence-electron chi connectivity index (χ0n) is 16.9. The summed E-state index contributed by atoms with van der Waals surface area (Å²) in [6.45, 7) is 5.68. The molecule has 31 heavy (non-hydrogen) atoms. The predicted molar refractivity (Wildman–Crippen MR) is 110 cm³/mol. The van der Waals surface area contributed by atoms with Crippen LogP contribution in [0.15, 0.2) is 46.3 Å². The number of halogens is 1. The van der Waals surface area contributed by atoms with Crippen molar-refractivity contribution in [1.82, 2.24) is 14.8 Å². The Kier molecular flexibility index (Phi) is 6.86. The maximum absolute atomic E-state index is 14.1. The number of hydrogen-bond acceptors (Lipinski definition) is 6. The first-order chi connectivity index (χ1) is 14.7. The summed E-state index contributed by atoms with van der Waals surface area (Å²) in [6, 6.07) is 4.83. The van der Waals surface area contributed by atoms with E-state index in [0.29, 0.717) is 37.5 Å². The minimum Gasteiger partial charge on any atom is -0.360 e. The van der Waals surface area contributed by atoms with E-state index in [1.54, 1.807) is 13.0 Å². The van der Waals surface area contributed by atoms with Crippen molar-refractivity contribution in [1.29, 1.82) is 0 Å². The van der Waals surface area contributed by atoms with E-state index in [-0.39, 0.29) is 23.9 Å². The smallest absolute Gasteiger partial charge is 0.253 e. The summed E-state index contributed by atoms with van der Waals surface area (Å²) in [5.74, 6) is -0.961. The fourth-order valence-corrected chi connectivity index (χ4v) is 4.37. The lowest BCUT2D eigenvalue weighted by Crippen LogP contribution is -2.41. The van der Waals surface area contributed by atoms with Crippen LogP contribution < -0.4 is 10.0 Å². The van der Waals surface area contributed by atoms with E-state index in [4.69, 9.17) is 4.52 Å². The highest BCUT2D eigenvalue weighted by Crippen LogP contribution is 2.23. The highest BCUT2D eigenvalue weighted by molar-refractivity contribution is 7.89. The number of sulfonamides is 1. The molecule has 0 spiro atoms. The Morgan fingerprint density at radius 2 is 2.03 bits per heavy atom. The number of amides is 2. The molecule has 2 heterocycles. The number of anilines is 1.